The number of nitrogens with two attached hydrogens (primary N) is 1. The van der Waals surface area contributed by atoms with Gasteiger partial charge in [0, 0.05) is 14.0 Å². The predicted molar refractivity (Wildman–Crippen MR) is 49.2 cm³/mol. The molecule has 0 atom stereocenters. The molecule has 6 heteroatoms. The second-order valence-corrected chi connectivity index (χ2v) is 2.57. The summed E-state index contributed by atoms with van der Waals surface area (Å²) < 4.78 is 4.65. The number of nitrogens with one attached hydrogen (secondary N) is 1. The average molecular weight is 191 g/mol. The Labute approximate surface area is 76.8 Å². The van der Waals surface area contributed by atoms with Crippen molar-refractivity contribution in [1.82, 2.24) is 10.3 Å². The summed E-state index contributed by atoms with van der Waals surface area (Å²) in [5, 5.41) is 4.49. The van der Waals surface area contributed by atoms with Gasteiger partial charge in [-0.1, -0.05) is 0 Å². The summed E-state index contributed by atoms with van der Waals surface area (Å²) in [5.74, 6) is 5.00. The largest absolute Gasteiger partial charge is 0.464 e. The molecular weight excluding hydrogens is 178 g/mol. The Morgan fingerprint density at radius 3 is 2.75 bits per heavy atom. The summed E-state index contributed by atoms with van der Waals surface area (Å²) >= 11 is 4.81. The molecule has 0 aliphatic rings. The summed E-state index contributed by atoms with van der Waals surface area (Å²) in [4.78, 5) is 10.3. The molecule has 0 fully saturated rings. The monoisotopic (exact) mass is 191 g/mol. The SMILES string of the molecule is CC(=O)OCCNC(=S)N(C)N. The molecule has 5 nitrogen and oxygen atoms in total. The highest BCUT2D eigenvalue weighted by Crippen LogP contribution is 1.77. The maximum atomic E-state index is 10.3. The van der Waals surface area contributed by atoms with E-state index in [1.54, 1.807) is 7.05 Å². The molecule has 0 aromatic rings. The molecule has 0 aliphatic carbocycles. The van der Waals surface area contributed by atoms with Crippen LogP contribution in [-0.2, 0) is 9.53 Å². The van der Waals surface area contributed by atoms with Gasteiger partial charge < -0.3 is 10.1 Å². The fourth-order valence-electron chi connectivity index (χ4n) is 0.477. The summed E-state index contributed by atoms with van der Waals surface area (Å²) in [6, 6.07) is 0. The lowest BCUT2D eigenvalue weighted by molar-refractivity contribution is -0.140. The van der Waals surface area contributed by atoms with Crippen LogP contribution in [0.2, 0.25) is 0 Å². The zero-order chi connectivity index (χ0) is 9.56. The minimum atomic E-state index is -0.302. The third-order valence-corrected chi connectivity index (χ3v) is 1.44. The minimum absolute atomic E-state index is 0.295. The summed E-state index contributed by atoms with van der Waals surface area (Å²) in [5.41, 5.74) is 0. The van der Waals surface area contributed by atoms with E-state index < -0.39 is 0 Å². The Morgan fingerprint density at radius 1 is 1.75 bits per heavy atom. The van der Waals surface area contributed by atoms with E-state index in [2.05, 4.69) is 10.1 Å². The van der Waals surface area contributed by atoms with Gasteiger partial charge in [-0.05, 0) is 12.2 Å². The van der Waals surface area contributed by atoms with Crippen molar-refractivity contribution in [3.63, 3.8) is 0 Å². The van der Waals surface area contributed by atoms with E-state index >= 15 is 0 Å². The lowest BCUT2D eigenvalue weighted by atomic mass is 10.6. The maximum Gasteiger partial charge on any atom is 0.302 e. The Balaban J connectivity index is 3.32. The Morgan fingerprint density at radius 2 is 2.33 bits per heavy atom. The molecule has 70 valence electrons. The molecule has 0 amide bonds. The number of rotatable bonds is 3. The lowest BCUT2D eigenvalue weighted by Crippen LogP contribution is -2.42. The molecule has 0 aliphatic heterocycles. The van der Waals surface area contributed by atoms with Crippen LogP contribution in [-0.4, -0.2) is 36.3 Å². The van der Waals surface area contributed by atoms with E-state index in [4.69, 9.17) is 18.1 Å². The van der Waals surface area contributed by atoms with E-state index in [1.807, 2.05) is 0 Å². The number of thiocarbonyl (C=S) groups is 1. The number of hydrogen-bond donors (Lipinski definition) is 2. The first-order valence-corrected chi connectivity index (χ1v) is 3.84. The lowest BCUT2D eigenvalue weighted by Gasteiger charge is -2.14. The van der Waals surface area contributed by atoms with E-state index in [0.717, 1.165) is 0 Å². The molecule has 0 aromatic carbocycles. The fraction of sp³-hybridized carbons (Fsp3) is 0.667. The van der Waals surface area contributed by atoms with Crippen LogP contribution in [0.1, 0.15) is 6.92 Å². The van der Waals surface area contributed by atoms with Crippen LogP contribution in [0.15, 0.2) is 0 Å². The van der Waals surface area contributed by atoms with Crippen molar-refractivity contribution < 1.29 is 9.53 Å². The van der Waals surface area contributed by atoms with Gasteiger partial charge in [-0.25, -0.2) is 5.84 Å². The molecule has 12 heavy (non-hydrogen) atoms. The number of esters is 1. The maximum absolute atomic E-state index is 10.3. The van der Waals surface area contributed by atoms with Crippen LogP contribution >= 0.6 is 12.2 Å². The highest BCUT2D eigenvalue weighted by molar-refractivity contribution is 7.80. The molecule has 0 spiro atoms. The van der Waals surface area contributed by atoms with Gasteiger partial charge in [-0.3, -0.25) is 9.80 Å². The zero-order valence-electron chi connectivity index (χ0n) is 7.16. The zero-order valence-corrected chi connectivity index (χ0v) is 7.98. The molecule has 0 saturated heterocycles. The van der Waals surface area contributed by atoms with Gasteiger partial charge in [0.15, 0.2) is 5.11 Å². The van der Waals surface area contributed by atoms with Gasteiger partial charge in [0.2, 0.25) is 0 Å². The first kappa shape index (κ1) is 11.1. The van der Waals surface area contributed by atoms with Crippen LogP contribution in [0.5, 0.6) is 0 Å². The predicted octanol–water partition coefficient (Wildman–Crippen LogP) is -0.770. The number of nitrogens with zero attached hydrogens (tertiary/aromatic N) is 1. The van der Waals surface area contributed by atoms with E-state index in [9.17, 15) is 4.79 Å². The van der Waals surface area contributed by atoms with E-state index in [0.29, 0.717) is 18.3 Å². The van der Waals surface area contributed by atoms with Crippen LogP contribution < -0.4 is 11.2 Å². The summed E-state index contributed by atoms with van der Waals surface area (Å²) in [7, 11) is 1.63. The normalized spacial score (nSPS) is 8.92. The summed E-state index contributed by atoms with van der Waals surface area (Å²) in [6.07, 6.45) is 0. The summed E-state index contributed by atoms with van der Waals surface area (Å²) in [6.45, 7) is 2.12. The second-order valence-electron chi connectivity index (χ2n) is 2.18. The van der Waals surface area contributed by atoms with Gasteiger partial charge in [0.25, 0.3) is 0 Å². The molecule has 0 unspecified atom stereocenters. The minimum Gasteiger partial charge on any atom is -0.464 e. The Kier molecular flexibility index (Phi) is 5.31. The number of hydrazine groups is 1. The van der Waals surface area contributed by atoms with Crippen molar-refractivity contribution in [2.75, 3.05) is 20.2 Å². The average Bonchev–Trinajstić information content (AvgIpc) is 1.97. The molecule has 0 saturated carbocycles. The van der Waals surface area contributed by atoms with Crippen LogP contribution in [0.3, 0.4) is 0 Å². The smallest absolute Gasteiger partial charge is 0.302 e. The number of carbonyl (C=O) groups excluding carboxylic acids is 1. The topological polar surface area (TPSA) is 67.6 Å². The van der Waals surface area contributed by atoms with Gasteiger partial charge >= 0.3 is 5.97 Å². The second kappa shape index (κ2) is 5.73. The molecule has 0 aromatic heterocycles. The molecule has 0 heterocycles. The molecule has 0 rings (SSSR count). The van der Waals surface area contributed by atoms with E-state index in [-0.39, 0.29) is 5.97 Å². The number of carbonyl (C=O) groups is 1. The standard InChI is InChI=1S/C6H13N3O2S/c1-5(10)11-4-3-8-6(12)9(2)7/h3-4,7H2,1-2H3,(H,8,12). The van der Waals surface area contributed by atoms with Crippen LogP contribution in [0.4, 0.5) is 0 Å². The highest BCUT2D eigenvalue weighted by Gasteiger charge is 1.97. The first-order chi connectivity index (χ1) is 5.54. The third kappa shape index (κ3) is 5.87. The number of ether oxygens (including phenoxy) is 1. The number of hydrogen-bond acceptors (Lipinski definition) is 4. The molecule has 3 N–H and O–H groups in total. The van der Waals surface area contributed by atoms with Crippen molar-refractivity contribution in [3.05, 3.63) is 0 Å². The highest BCUT2D eigenvalue weighted by atomic mass is 32.1. The van der Waals surface area contributed by atoms with Crippen LogP contribution in [0.25, 0.3) is 0 Å². The van der Waals surface area contributed by atoms with Crippen molar-refractivity contribution in [2.24, 2.45) is 5.84 Å². The van der Waals surface area contributed by atoms with Crippen molar-refractivity contribution in [2.45, 2.75) is 6.92 Å². The van der Waals surface area contributed by atoms with Crippen molar-refractivity contribution in [1.29, 1.82) is 0 Å². The third-order valence-electron chi connectivity index (χ3n) is 1.00. The Bertz CT molecular complexity index is 172. The quantitative estimate of drug-likeness (QED) is 0.201. The van der Waals surface area contributed by atoms with Gasteiger partial charge in [0.1, 0.15) is 6.61 Å². The van der Waals surface area contributed by atoms with E-state index in [1.165, 1.54) is 11.9 Å². The molecular formula is C6H13N3O2S. The fourth-order valence-corrected chi connectivity index (χ4v) is 0.579. The van der Waals surface area contributed by atoms with Crippen molar-refractivity contribution >= 4 is 23.3 Å². The molecule has 0 bridgehead atoms. The first-order valence-electron chi connectivity index (χ1n) is 3.43. The van der Waals surface area contributed by atoms with Gasteiger partial charge in [0.05, 0.1) is 6.54 Å². The van der Waals surface area contributed by atoms with Gasteiger partial charge in [-0.2, -0.15) is 0 Å². The van der Waals surface area contributed by atoms with Crippen molar-refractivity contribution in [3.8, 4) is 0 Å². The van der Waals surface area contributed by atoms with Gasteiger partial charge in [-0.15, -0.1) is 0 Å². The molecule has 0 radical (unpaired) electrons. The van der Waals surface area contributed by atoms with Crippen LogP contribution in [0, 0.1) is 0 Å². The Hall–Kier alpha value is -0.880.